The lowest BCUT2D eigenvalue weighted by molar-refractivity contribution is 0.451. The van der Waals surface area contributed by atoms with Gasteiger partial charge in [0.25, 0.3) is 0 Å². The molecule has 0 fully saturated rings. The molecular weight excluding hydrogens is 174 g/mol. The molecule has 76 valence electrons. The fraction of sp³-hybridized carbons (Fsp3) is 0.727. The molecule has 0 spiro atoms. The monoisotopic (exact) mass is 191 g/mol. The molecule has 3 rings (SSSR count). The van der Waals surface area contributed by atoms with E-state index in [1.54, 1.807) is 0 Å². The Hall–Kier alpha value is -0.830. The predicted molar refractivity (Wildman–Crippen MR) is 55.1 cm³/mol. The molecule has 2 heterocycles. The van der Waals surface area contributed by atoms with Crippen molar-refractivity contribution in [3.63, 3.8) is 0 Å². The van der Waals surface area contributed by atoms with Crippen molar-refractivity contribution >= 4 is 0 Å². The fourth-order valence-corrected chi connectivity index (χ4v) is 2.63. The zero-order valence-corrected chi connectivity index (χ0v) is 8.71. The number of aromatic nitrogens is 2. The second-order valence-corrected chi connectivity index (χ2v) is 4.60. The molecule has 2 aliphatic rings. The largest absolute Gasteiger partial charge is 0.329 e. The van der Waals surface area contributed by atoms with Crippen LogP contribution in [-0.4, -0.2) is 16.1 Å². The minimum atomic E-state index is 0.846. The lowest BCUT2D eigenvalue weighted by atomic mass is 9.91. The Morgan fingerprint density at radius 1 is 1.50 bits per heavy atom. The molecule has 1 N–H and O–H groups in total. The van der Waals surface area contributed by atoms with Gasteiger partial charge < -0.3 is 9.88 Å². The zero-order chi connectivity index (χ0) is 9.54. The molecule has 1 aliphatic carbocycles. The van der Waals surface area contributed by atoms with Gasteiger partial charge in [0.2, 0.25) is 0 Å². The minimum Gasteiger partial charge on any atom is -0.329 e. The van der Waals surface area contributed by atoms with Crippen molar-refractivity contribution < 1.29 is 0 Å². The SMILES string of the molecule is CC1CCc2nc3n(c2C1)CCNC3. The highest BCUT2D eigenvalue weighted by molar-refractivity contribution is 5.21. The number of rotatable bonds is 0. The van der Waals surface area contributed by atoms with Crippen LogP contribution in [0.1, 0.15) is 30.6 Å². The van der Waals surface area contributed by atoms with Crippen LogP contribution in [0.4, 0.5) is 0 Å². The molecule has 0 bridgehead atoms. The van der Waals surface area contributed by atoms with Crippen LogP contribution in [0.5, 0.6) is 0 Å². The van der Waals surface area contributed by atoms with E-state index in [1.165, 1.54) is 36.5 Å². The van der Waals surface area contributed by atoms with Crippen molar-refractivity contribution in [3.05, 3.63) is 17.2 Å². The third-order valence-electron chi connectivity index (χ3n) is 3.45. The lowest BCUT2D eigenvalue weighted by Gasteiger charge is -2.22. The molecule has 0 amide bonds. The van der Waals surface area contributed by atoms with E-state index >= 15 is 0 Å². The van der Waals surface area contributed by atoms with E-state index in [1.807, 2.05) is 0 Å². The summed E-state index contributed by atoms with van der Waals surface area (Å²) in [6.07, 6.45) is 3.75. The van der Waals surface area contributed by atoms with Crippen LogP contribution in [0.3, 0.4) is 0 Å². The highest BCUT2D eigenvalue weighted by Crippen LogP contribution is 2.26. The van der Waals surface area contributed by atoms with E-state index in [2.05, 4.69) is 16.8 Å². The normalized spacial score (nSPS) is 25.6. The number of nitrogens with one attached hydrogen (secondary N) is 1. The second kappa shape index (κ2) is 3.09. The quantitative estimate of drug-likeness (QED) is 0.666. The lowest BCUT2D eigenvalue weighted by Crippen LogP contribution is -2.29. The van der Waals surface area contributed by atoms with Crippen LogP contribution >= 0.6 is 0 Å². The van der Waals surface area contributed by atoms with Crippen molar-refractivity contribution in [2.75, 3.05) is 6.54 Å². The number of hydrogen-bond acceptors (Lipinski definition) is 2. The van der Waals surface area contributed by atoms with Gasteiger partial charge in [-0.2, -0.15) is 0 Å². The van der Waals surface area contributed by atoms with E-state index in [-0.39, 0.29) is 0 Å². The Morgan fingerprint density at radius 2 is 2.43 bits per heavy atom. The maximum absolute atomic E-state index is 4.73. The highest BCUT2D eigenvalue weighted by Gasteiger charge is 2.24. The van der Waals surface area contributed by atoms with Crippen LogP contribution in [-0.2, 0) is 25.9 Å². The van der Waals surface area contributed by atoms with Gasteiger partial charge in [0.1, 0.15) is 5.82 Å². The predicted octanol–water partition coefficient (Wildman–Crippen LogP) is 1.11. The van der Waals surface area contributed by atoms with Crippen LogP contribution in [0.15, 0.2) is 0 Å². The first-order valence-electron chi connectivity index (χ1n) is 5.62. The first-order valence-corrected chi connectivity index (χ1v) is 5.62. The molecule has 1 unspecified atom stereocenters. The Labute approximate surface area is 84.5 Å². The Bertz CT molecular complexity index is 354. The Balaban J connectivity index is 2.05. The molecule has 0 aromatic carbocycles. The number of aryl methyl sites for hydroxylation is 1. The molecule has 1 aliphatic heterocycles. The molecular formula is C11H17N3. The summed E-state index contributed by atoms with van der Waals surface area (Å²) in [5, 5.41) is 3.38. The van der Waals surface area contributed by atoms with Gasteiger partial charge in [0, 0.05) is 18.8 Å². The van der Waals surface area contributed by atoms with Gasteiger partial charge in [0.05, 0.1) is 12.2 Å². The number of imidazole rings is 1. The minimum absolute atomic E-state index is 0.846. The van der Waals surface area contributed by atoms with Gasteiger partial charge in [-0.15, -0.1) is 0 Å². The standard InChI is InChI=1S/C11H17N3/c1-8-2-3-9-10(6-8)14-5-4-12-7-11(14)13-9/h8,12H,2-7H2,1H3. The van der Waals surface area contributed by atoms with Crippen molar-refractivity contribution in [2.24, 2.45) is 5.92 Å². The third-order valence-corrected chi connectivity index (χ3v) is 3.45. The van der Waals surface area contributed by atoms with Crippen LogP contribution in [0.2, 0.25) is 0 Å². The molecule has 0 saturated heterocycles. The summed E-state index contributed by atoms with van der Waals surface area (Å²) < 4.78 is 2.45. The Kier molecular flexibility index (Phi) is 1.87. The smallest absolute Gasteiger partial charge is 0.123 e. The Morgan fingerprint density at radius 3 is 3.36 bits per heavy atom. The van der Waals surface area contributed by atoms with E-state index < -0.39 is 0 Å². The van der Waals surface area contributed by atoms with Gasteiger partial charge in [-0.3, -0.25) is 0 Å². The second-order valence-electron chi connectivity index (χ2n) is 4.60. The van der Waals surface area contributed by atoms with Gasteiger partial charge in [-0.05, 0) is 25.2 Å². The molecule has 1 aromatic heterocycles. The summed E-state index contributed by atoms with van der Waals surface area (Å²) in [5.41, 5.74) is 2.90. The average Bonchev–Trinajstić information content (AvgIpc) is 2.56. The summed E-state index contributed by atoms with van der Waals surface area (Å²) in [7, 11) is 0. The summed E-state index contributed by atoms with van der Waals surface area (Å²) in [5.74, 6) is 2.11. The molecule has 14 heavy (non-hydrogen) atoms. The van der Waals surface area contributed by atoms with Gasteiger partial charge in [-0.1, -0.05) is 6.92 Å². The average molecular weight is 191 g/mol. The van der Waals surface area contributed by atoms with Gasteiger partial charge in [-0.25, -0.2) is 4.98 Å². The first-order chi connectivity index (χ1) is 6.84. The zero-order valence-electron chi connectivity index (χ0n) is 8.71. The molecule has 0 saturated carbocycles. The highest BCUT2D eigenvalue weighted by atomic mass is 15.2. The molecule has 1 aromatic rings. The van der Waals surface area contributed by atoms with Gasteiger partial charge in [0.15, 0.2) is 0 Å². The van der Waals surface area contributed by atoms with Crippen molar-refractivity contribution in [3.8, 4) is 0 Å². The molecule has 1 atom stereocenters. The molecule has 0 radical (unpaired) electrons. The van der Waals surface area contributed by atoms with Crippen molar-refractivity contribution in [2.45, 2.75) is 39.3 Å². The summed E-state index contributed by atoms with van der Waals surface area (Å²) in [6, 6.07) is 0. The summed E-state index contributed by atoms with van der Waals surface area (Å²) in [4.78, 5) is 4.73. The van der Waals surface area contributed by atoms with E-state index in [4.69, 9.17) is 4.98 Å². The number of hydrogen-bond donors (Lipinski definition) is 1. The maximum atomic E-state index is 4.73. The first kappa shape index (κ1) is 8.48. The number of fused-ring (bicyclic) bond motifs is 3. The maximum Gasteiger partial charge on any atom is 0.123 e. The fourth-order valence-electron chi connectivity index (χ4n) is 2.63. The van der Waals surface area contributed by atoms with E-state index in [9.17, 15) is 0 Å². The molecule has 3 heteroatoms. The van der Waals surface area contributed by atoms with Crippen molar-refractivity contribution in [1.29, 1.82) is 0 Å². The summed E-state index contributed by atoms with van der Waals surface area (Å²) >= 11 is 0. The van der Waals surface area contributed by atoms with Crippen LogP contribution in [0.25, 0.3) is 0 Å². The van der Waals surface area contributed by atoms with Crippen molar-refractivity contribution in [1.82, 2.24) is 14.9 Å². The van der Waals surface area contributed by atoms with E-state index in [0.29, 0.717) is 0 Å². The third kappa shape index (κ3) is 1.19. The van der Waals surface area contributed by atoms with E-state index in [0.717, 1.165) is 25.6 Å². The van der Waals surface area contributed by atoms with Crippen LogP contribution < -0.4 is 5.32 Å². The topological polar surface area (TPSA) is 29.9 Å². The van der Waals surface area contributed by atoms with Crippen LogP contribution in [0, 0.1) is 5.92 Å². The summed E-state index contributed by atoms with van der Waals surface area (Å²) in [6.45, 7) is 5.53. The molecule has 3 nitrogen and oxygen atoms in total. The number of nitrogens with zero attached hydrogens (tertiary/aromatic N) is 2. The van der Waals surface area contributed by atoms with Gasteiger partial charge >= 0.3 is 0 Å².